The van der Waals surface area contributed by atoms with Gasteiger partial charge < -0.3 is 56.6 Å². The van der Waals surface area contributed by atoms with E-state index >= 15 is 0 Å². The average Bonchev–Trinajstić information content (AvgIpc) is 3.66. The molecule has 3 aromatic rings. The number of fused-ring (bicyclic) bond motifs is 1. The lowest BCUT2D eigenvalue weighted by Gasteiger charge is -2.40. The maximum Gasteiger partial charge on any atom is 0.326 e. The van der Waals surface area contributed by atoms with Crippen LogP contribution in [0, 0.1) is 5.92 Å². The first-order valence-corrected chi connectivity index (χ1v) is 19.0. The average molecular weight is 814 g/mol. The summed E-state index contributed by atoms with van der Waals surface area (Å²) in [7, 11) is 0. The molecule has 0 saturated carbocycles. The van der Waals surface area contributed by atoms with E-state index in [0.29, 0.717) is 25.0 Å². The van der Waals surface area contributed by atoms with Crippen LogP contribution in [0.5, 0.6) is 0 Å². The van der Waals surface area contributed by atoms with Crippen LogP contribution in [-0.4, -0.2) is 131 Å². The maximum atomic E-state index is 13.5. The summed E-state index contributed by atoms with van der Waals surface area (Å²) in [5.41, 5.74) is 1.34. The number of carboxylic acid groups (broad SMARTS) is 3. The van der Waals surface area contributed by atoms with Crippen molar-refractivity contribution in [3.8, 4) is 0 Å². The van der Waals surface area contributed by atoms with Crippen LogP contribution in [0.1, 0.15) is 69.4 Å². The van der Waals surface area contributed by atoms with Gasteiger partial charge in [0.2, 0.25) is 11.8 Å². The number of rotatable bonds is 22. The predicted molar refractivity (Wildman–Crippen MR) is 203 cm³/mol. The number of carbonyl (C=O) groups is 6. The van der Waals surface area contributed by atoms with Crippen molar-refractivity contribution in [2.45, 2.75) is 107 Å². The van der Waals surface area contributed by atoms with E-state index in [1.807, 2.05) is 42.5 Å². The second-order valence-corrected chi connectivity index (χ2v) is 14.3. The number of carbonyl (C=O) groups excluding carboxylic acids is 3. The smallest absolute Gasteiger partial charge is 0.326 e. The number of hydrogen-bond acceptors (Lipinski definition) is 12. The summed E-state index contributed by atoms with van der Waals surface area (Å²) in [5.74, 6) is -5.51. The summed E-state index contributed by atoms with van der Waals surface area (Å²) in [6.45, 7) is 1.30. The number of ether oxygens (including phenoxy) is 1. The molecule has 2 aromatic carbocycles. The lowest BCUT2D eigenvalue weighted by Crippen LogP contribution is -2.53. The molecule has 316 valence electrons. The first-order valence-electron chi connectivity index (χ1n) is 19.0. The highest BCUT2D eigenvalue weighted by Crippen LogP contribution is 2.32. The molecule has 8 unspecified atom stereocenters. The number of carboxylic acids is 3. The fourth-order valence-electron chi connectivity index (χ4n) is 6.55. The largest absolute Gasteiger partial charge is 0.481 e. The minimum absolute atomic E-state index is 0.0477. The maximum absolute atomic E-state index is 13.5. The first-order chi connectivity index (χ1) is 27.7. The standard InChI is InChI=1S/C38H51N7O13/c1-21-32(50)33(51)29(20-46)58-35(21)45-19-25(43-44-45)9-6-11-30(47)40-28(18-22-12-13-23-7-2-3-8-24(23)17-22)34(52)39-16-5-4-10-26(36(53)54)41-38(57)42-27(37(55)56)14-15-31(48)49/h2-3,7-8,12-13,17,19,21,26-29,32-33,35,46,50-51H,4-6,9-11,14-16,18,20H2,1H3,(H,39,52)(H,40,47)(H,48,49)(H,53,54)(H,55,56)(H2,41,42,57). The Morgan fingerprint density at radius 2 is 1.52 bits per heavy atom. The number of nitrogens with one attached hydrogen (secondary N) is 4. The van der Waals surface area contributed by atoms with Crippen LogP contribution in [0.2, 0.25) is 0 Å². The van der Waals surface area contributed by atoms with Gasteiger partial charge in [-0.1, -0.05) is 54.6 Å². The molecule has 0 spiro atoms. The summed E-state index contributed by atoms with van der Waals surface area (Å²) < 4.78 is 7.15. The van der Waals surface area contributed by atoms with Gasteiger partial charge >= 0.3 is 23.9 Å². The molecule has 20 heteroatoms. The van der Waals surface area contributed by atoms with Crippen LogP contribution in [0.15, 0.2) is 48.7 Å². The summed E-state index contributed by atoms with van der Waals surface area (Å²) in [4.78, 5) is 72.9. The number of hydrogen-bond donors (Lipinski definition) is 10. The van der Waals surface area contributed by atoms with Gasteiger partial charge in [-0.05, 0) is 54.9 Å². The van der Waals surface area contributed by atoms with E-state index in [2.05, 4.69) is 31.6 Å². The second kappa shape index (κ2) is 21.7. The molecular formula is C38H51N7O13. The van der Waals surface area contributed by atoms with Crippen molar-refractivity contribution < 1.29 is 64.1 Å². The number of nitrogens with zero attached hydrogens (tertiary/aromatic N) is 3. The van der Waals surface area contributed by atoms with Crippen LogP contribution in [0.3, 0.4) is 0 Å². The molecule has 0 aliphatic carbocycles. The van der Waals surface area contributed by atoms with E-state index < -0.39 is 97.9 Å². The van der Waals surface area contributed by atoms with Crippen molar-refractivity contribution in [3.05, 3.63) is 59.9 Å². The highest BCUT2D eigenvalue weighted by molar-refractivity contribution is 5.89. The van der Waals surface area contributed by atoms with Crippen LogP contribution in [0.4, 0.5) is 4.79 Å². The monoisotopic (exact) mass is 813 g/mol. The van der Waals surface area contributed by atoms with Crippen molar-refractivity contribution >= 4 is 46.5 Å². The molecule has 1 saturated heterocycles. The van der Waals surface area contributed by atoms with Crippen molar-refractivity contribution in [2.24, 2.45) is 5.92 Å². The molecule has 1 aromatic heterocycles. The zero-order valence-corrected chi connectivity index (χ0v) is 31.9. The van der Waals surface area contributed by atoms with Gasteiger partial charge in [-0.3, -0.25) is 14.4 Å². The van der Waals surface area contributed by atoms with E-state index in [0.717, 1.165) is 16.3 Å². The molecule has 20 nitrogen and oxygen atoms in total. The van der Waals surface area contributed by atoms with Gasteiger partial charge in [0.1, 0.15) is 30.3 Å². The molecule has 1 aliphatic rings. The van der Waals surface area contributed by atoms with Crippen molar-refractivity contribution in [1.29, 1.82) is 0 Å². The van der Waals surface area contributed by atoms with Gasteiger partial charge in [0.25, 0.3) is 0 Å². The van der Waals surface area contributed by atoms with E-state index in [1.165, 1.54) is 4.68 Å². The molecule has 1 aliphatic heterocycles. The molecule has 1 fully saturated rings. The summed E-state index contributed by atoms with van der Waals surface area (Å²) in [6, 6.07) is 8.46. The Morgan fingerprint density at radius 1 is 0.828 bits per heavy atom. The summed E-state index contributed by atoms with van der Waals surface area (Å²) in [6.07, 6.45) is -2.09. The van der Waals surface area contributed by atoms with Gasteiger partial charge in [0.05, 0.1) is 24.6 Å². The number of benzene rings is 2. The lowest BCUT2D eigenvalue weighted by molar-refractivity contribution is -0.231. The molecule has 58 heavy (non-hydrogen) atoms. The Balaban J connectivity index is 1.30. The SMILES string of the molecule is CC1C(O)C(O)C(CO)OC1n1cc(CCCC(=O)NC(Cc2ccc3ccccc3c2)C(=O)NCCCCC(NC(=O)NC(CCC(=O)O)C(=O)O)C(=O)O)nn1. The molecule has 4 amide bonds. The third kappa shape index (κ3) is 13.2. The molecule has 2 heterocycles. The molecule has 10 N–H and O–H groups in total. The zero-order valence-electron chi connectivity index (χ0n) is 31.9. The molecule has 4 rings (SSSR count). The van der Waals surface area contributed by atoms with E-state index in [4.69, 9.17) is 9.84 Å². The number of aryl methyl sites for hydroxylation is 1. The van der Waals surface area contributed by atoms with Crippen LogP contribution >= 0.6 is 0 Å². The summed E-state index contributed by atoms with van der Waals surface area (Å²) in [5, 5.41) is 77.8. The summed E-state index contributed by atoms with van der Waals surface area (Å²) >= 11 is 0. The predicted octanol–water partition coefficient (Wildman–Crippen LogP) is 0.0860. The zero-order chi connectivity index (χ0) is 42.4. The Labute approximate surface area is 332 Å². The second-order valence-electron chi connectivity index (χ2n) is 14.3. The minimum atomic E-state index is -1.53. The van der Waals surface area contributed by atoms with Gasteiger partial charge in [-0.2, -0.15) is 0 Å². The molecular weight excluding hydrogens is 762 g/mol. The van der Waals surface area contributed by atoms with Crippen molar-refractivity contribution in [2.75, 3.05) is 13.2 Å². The highest BCUT2D eigenvalue weighted by atomic mass is 16.5. The quantitative estimate of drug-likeness (QED) is 0.0601. The number of aliphatic carboxylic acids is 3. The first kappa shape index (κ1) is 45.0. The Kier molecular flexibility index (Phi) is 16.9. The topological polar surface area (TPSA) is 312 Å². The minimum Gasteiger partial charge on any atom is -0.481 e. The molecule has 8 atom stereocenters. The fourth-order valence-corrected chi connectivity index (χ4v) is 6.55. The number of aliphatic hydroxyl groups excluding tert-OH is 3. The van der Waals surface area contributed by atoms with Crippen LogP contribution in [0.25, 0.3) is 10.8 Å². The number of amides is 4. The fraction of sp³-hybridized carbons (Fsp3) is 0.526. The Morgan fingerprint density at radius 3 is 2.19 bits per heavy atom. The van der Waals surface area contributed by atoms with E-state index in [1.54, 1.807) is 13.1 Å². The van der Waals surface area contributed by atoms with Gasteiger partial charge in [-0.25, -0.2) is 19.1 Å². The third-order valence-corrected chi connectivity index (χ3v) is 9.85. The van der Waals surface area contributed by atoms with E-state index in [-0.39, 0.29) is 38.1 Å². The Hall–Kier alpha value is -5.70. The van der Waals surface area contributed by atoms with Crippen molar-refractivity contribution in [1.82, 2.24) is 36.3 Å². The van der Waals surface area contributed by atoms with E-state index in [9.17, 15) is 54.3 Å². The lowest BCUT2D eigenvalue weighted by atomic mass is 9.91. The van der Waals surface area contributed by atoms with Gasteiger partial charge in [0.15, 0.2) is 6.23 Å². The normalized spacial score (nSPS) is 20.7. The Bertz CT molecular complexity index is 1890. The van der Waals surface area contributed by atoms with Crippen LogP contribution < -0.4 is 21.3 Å². The number of unbranched alkanes of at least 4 members (excludes halogenated alkanes) is 1. The van der Waals surface area contributed by atoms with Gasteiger partial charge in [-0.15, -0.1) is 5.10 Å². The van der Waals surface area contributed by atoms with Crippen LogP contribution in [-0.2, 0) is 41.6 Å². The third-order valence-electron chi connectivity index (χ3n) is 9.85. The molecule has 0 radical (unpaired) electrons. The number of aliphatic hydroxyl groups is 3. The van der Waals surface area contributed by atoms with Gasteiger partial charge in [0, 0.05) is 31.7 Å². The highest BCUT2D eigenvalue weighted by Gasteiger charge is 2.43. The number of aromatic nitrogens is 3. The molecule has 0 bridgehead atoms. The number of urea groups is 1. The van der Waals surface area contributed by atoms with Crippen molar-refractivity contribution in [3.63, 3.8) is 0 Å².